The fourth-order valence-corrected chi connectivity index (χ4v) is 1.29. The molecule has 0 saturated carbocycles. The normalized spacial score (nSPS) is 12.1. The first-order valence-corrected chi connectivity index (χ1v) is 4.40. The van der Waals surface area contributed by atoms with E-state index < -0.39 is 0 Å². The van der Waals surface area contributed by atoms with Crippen LogP contribution in [0.2, 0.25) is 0 Å². The van der Waals surface area contributed by atoms with Gasteiger partial charge < -0.3 is 4.42 Å². The summed E-state index contributed by atoms with van der Waals surface area (Å²) in [6.07, 6.45) is 3.38. The highest BCUT2D eigenvalue weighted by molar-refractivity contribution is 5.15. The Hall–Kier alpha value is -1.58. The third-order valence-electron chi connectivity index (χ3n) is 1.79. The van der Waals surface area contributed by atoms with Crippen LogP contribution in [0, 0.1) is 10.1 Å². The molecule has 0 radical (unpaired) electrons. The van der Waals surface area contributed by atoms with Crippen molar-refractivity contribution >= 4 is 0 Å². The Morgan fingerprint density at radius 3 is 2.86 bits per heavy atom. The second-order valence-electron chi connectivity index (χ2n) is 3.38. The fraction of sp³-hybridized carbons (Fsp3) is 0.400. The predicted octanol–water partition coefficient (Wildman–Crippen LogP) is 2.61. The van der Waals surface area contributed by atoms with Crippen LogP contribution in [-0.4, -0.2) is 11.5 Å². The van der Waals surface area contributed by atoms with Crippen LogP contribution in [-0.2, 0) is 0 Å². The maximum Gasteiger partial charge on any atom is 0.217 e. The van der Waals surface area contributed by atoms with E-state index in [1.54, 1.807) is 12.1 Å². The molecule has 0 aliphatic rings. The summed E-state index contributed by atoms with van der Waals surface area (Å²) in [4.78, 5) is 10.1. The Balaban J connectivity index is 2.83. The summed E-state index contributed by atoms with van der Waals surface area (Å²) in [6.45, 7) is 3.70. The lowest BCUT2D eigenvalue weighted by Gasteiger charge is -2.05. The maximum absolute atomic E-state index is 10.4. The molecule has 1 aromatic heterocycles. The molecule has 4 nitrogen and oxygen atoms in total. The van der Waals surface area contributed by atoms with Crippen LogP contribution in [0.15, 0.2) is 34.5 Å². The van der Waals surface area contributed by atoms with Gasteiger partial charge in [-0.05, 0) is 26.0 Å². The van der Waals surface area contributed by atoms with Gasteiger partial charge in [0.25, 0.3) is 0 Å². The molecule has 1 atom stereocenters. The Morgan fingerprint density at radius 1 is 1.71 bits per heavy atom. The van der Waals surface area contributed by atoms with E-state index >= 15 is 0 Å². The number of nitro groups is 1. The van der Waals surface area contributed by atoms with Crippen LogP contribution in [0.4, 0.5) is 0 Å². The maximum atomic E-state index is 10.4. The minimum absolute atomic E-state index is 0.126. The van der Waals surface area contributed by atoms with Gasteiger partial charge in [0.15, 0.2) is 0 Å². The van der Waals surface area contributed by atoms with E-state index in [9.17, 15) is 10.1 Å². The highest BCUT2D eigenvalue weighted by Gasteiger charge is 2.17. The van der Waals surface area contributed by atoms with Crippen molar-refractivity contribution in [2.45, 2.75) is 19.8 Å². The molecule has 0 bridgehead atoms. The molecule has 0 N–H and O–H groups in total. The first-order valence-electron chi connectivity index (χ1n) is 4.40. The van der Waals surface area contributed by atoms with E-state index in [1.165, 1.54) is 6.26 Å². The van der Waals surface area contributed by atoms with Crippen molar-refractivity contribution in [1.29, 1.82) is 0 Å². The van der Waals surface area contributed by atoms with Gasteiger partial charge in [0, 0.05) is 4.92 Å². The molecular formula is C10H13NO3. The summed E-state index contributed by atoms with van der Waals surface area (Å²) in [5, 5.41) is 10.4. The summed E-state index contributed by atoms with van der Waals surface area (Å²) in [5.41, 5.74) is 1.05. The molecule has 4 heteroatoms. The molecular weight excluding hydrogens is 182 g/mol. The van der Waals surface area contributed by atoms with Crippen molar-refractivity contribution in [1.82, 2.24) is 0 Å². The molecule has 0 spiro atoms. The van der Waals surface area contributed by atoms with Crippen molar-refractivity contribution in [2.75, 3.05) is 6.54 Å². The standard InChI is InChI=1S/C10H13NO3/c1-8(2)6-9(7-11(12)13)10-4-3-5-14-10/h3-6,9H,7H2,1-2H3. The zero-order chi connectivity index (χ0) is 10.6. The lowest BCUT2D eigenvalue weighted by molar-refractivity contribution is -0.482. The zero-order valence-corrected chi connectivity index (χ0v) is 8.27. The van der Waals surface area contributed by atoms with Gasteiger partial charge in [-0.25, -0.2) is 0 Å². The summed E-state index contributed by atoms with van der Waals surface area (Å²) in [7, 11) is 0. The zero-order valence-electron chi connectivity index (χ0n) is 8.27. The smallest absolute Gasteiger partial charge is 0.217 e. The van der Waals surface area contributed by atoms with E-state index in [4.69, 9.17) is 4.42 Å². The van der Waals surface area contributed by atoms with Crippen LogP contribution in [0.5, 0.6) is 0 Å². The molecule has 0 aliphatic heterocycles. The topological polar surface area (TPSA) is 56.3 Å². The fourth-order valence-electron chi connectivity index (χ4n) is 1.29. The monoisotopic (exact) mass is 195 g/mol. The van der Waals surface area contributed by atoms with E-state index in [0.717, 1.165) is 5.57 Å². The number of hydrogen-bond acceptors (Lipinski definition) is 3. The van der Waals surface area contributed by atoms with Crippen LogP contribution < -0.4 is 0 Å². The lowest BCUT2D eigenvalue weighted by atomic mass is 10.0. The van der Waals surface area contributed by atoms with Gasteiger partial charge in [-0.1, -0.05) is 11.6 Å². The predicted molar refractivity (Wildman–Crippen MR) is 52.7 cm³/mol. The van der Waals surface area contributed by atoms with E-state index in [0.29, 0.717) is 5.76 Å². The Labute approximate surface area is 82.4 Å². The largest absolute Gasteiger partial charge is 0.468 e. The summed E-state index contributed by atoms with van der Waals surface area (Å²) in [5.74, 6) is 0.382. The van der Waals surface area contributed by atoms with Gasteiger partial charge in [-0.2, -0.15) is 0 Å². The van der Waals surface area contributed by atoms with Gasteiger partial charge in [0.2, 0.25) is 6.54 Å². The van der Waals surface area contributed by atoms with Gasteiger partial charge >= 0.3 is 0 Å². The number of rotatable bonds is 4. The van der Waals surface area contributed by atoms with E-state index in [1.807, 2.05) is 19.9 Å². The molecule has 0 fully saturated rings. The average molecular weight is 195 g/mol. The Bertz CT molecular complexity index is 323. The SMILES string of the molecule is CC(C)=CC(C[N+](=O)[O-])c1ccco1. The van der Waals surface area contributed by atoms with Crippen LogP contribution in [0.25, 0.3) is 0 Å². The van der Waals surface area contributed by atoms with Crippen molar-refractivity contribution in [2.24, 2.45) is 0 Å². The number of hydrogen-bond donors (Lipinski definition) is 0. The molecule has 14 heavy (non-hydrogen) atoms. The van der Waals surface area contributed by atoms with Gasteiger partial charge in [-0.3, -0.25) is 10.1 Å². The Kier molecular flexibility index (Phi) is 3.45. The summed E-state index contributed by atoms with van der Waals surface area (Å²) >= 11 is 0. The molecule has 0 aromatic carbocycles. The molecule has 1 aromatic rings. The first kappa shape index (κ1) is 10.5. The second-order valence-corrected chi connectivity index (χ2v) is 3.38. The quantitative estimate of drug-likeness (QED) is 0.421. The van der Waals surface area contributed by atoms with Crippen LogP contribution in [0.3, 0.4) is 0 Å². The summed E-state index contributed by atoms with van der Waals surface area (Å²) < 4.78 is 5.15. The molecule has 0 saturated heterocycles. The van der Waals surface area contributed by atoms with Gasteiger partial charge in [-0.15, -0.1) is 0 Å². The Morgan fingerprint density at radius 2 is 2.43 bits per heavy atom. The van der Waals surface area contributed by atoms with Crippen molar-refractivity contribution in [3.63, 3.8) is 0 Å². The minimum atomic E-state index is -0.327. The van der Waals surface area contributed by atoms with E-state index in [-0.39, 0.29) is 17.4 Å². The number of furan rings is 1. The molecule has 76 valence electrons. The third-order valence-corrected chi connectivity index (χ3v) is 1.79. The molecule has 1 rings (SSSR count). The van der Waals surface area contributed by atoms with Crippen LogP contribution in [0.1, 0.15) is 25.5 Å². The molecule has 0 aliphatic carbocycles. The highest BCUT2D eigenvalue weighted by Crippen LogP contribution is 2.19. The van der Waals surface area contributed by atoms with Crippen molar-refractivity contribution in [3.05, 3.63) is 45.9 Å². The summed E-state index contributed by atoms with van der Waals surface area (Å²) in [6, 6.07) is 3.49. The van der Waals surface area contributed by atoms with Crippen LogP contribution >= 0.6 is 0 Å². The minimum Gasteiger partial charge on any atom is -0.468 e. The average Bonchev–Trinajstić information content (AvgIpc) is 2.52. The van der Waals surface area contributed by atoms with Crippen molar-refractivity contribution < 1.29 is 9.34 Å². The number of nitrogens with zero attached hydrogens (tertiary/aromatic N) is 1. The first-order chi connectivity index (χ1) is 6.59. The van der Waals surface area contributed by atoms with E-state index in [2.05, 4.69) is 0 Å². The molecule has 1 heterocycles. The second kappa shape index (κ2) is 4.60. The van der Waals surface area contributed by atoms with Gasteiger partial charge in [0.05, 0.1) is 12.2 Å². The molecule has 1 unspecified atom stereocenters. The third kappa shape index (κ3) is 3.05. The van der Waals surface area contributed by atoms with Gasteiger partial charge in [0.1, 0.15) is 5.76 Å². The number of allylic oxidation sites excluding steroid dienone is 1. The lowest BCUT2D eigenvalue weighted by Crippen LogP contribution is -2.10. The van der Waals surface area contributed by atoms with Crippen molar-refractivity contribution in [3.8, 4) is 0 Å². The molecule has 0 amide bonds. The highest BCUT2D eigenvalue weighted by atomic mass is 16.6.